The molecule has 2 unspecified atom stereocenters. The first-order chi connectivity index (χ1) is 42.3. The van der Waals surface area contributed by atoms with Gasteiger partial charge in [-0.1, -0.05) is 88.6 Å². The van der Waals surface area contributed by atoms with Crippen LogP contribution >= 0.6 is 11.3 Å². The Hall–Kier alpha value is -7.54. The van der Waals surface area contributed by atoms with Crippen molar-refractivity contribution in [1.82, 2.24) is 45.5 Å². The van der Waals surface area contributed by atoms with Gasteiger partial charge in [0.1, 0.15) is 12.1 Å². The maximum absolute atomic E-state index is 14.8. The number of aryl methyl sites for hydroxylation is 1. The lowest BCUT2D eigenvalue weighted by Crippen LogP contribution is -2.59. The van der Waals surface area contributed by atoms with Gasteiger partial charge in [0.2, 0.25) is 29.2 Å². The minimum Gasteiger partial charge on any atom is -0.391 e. The number of aliphatic hydroxyl groups excluding tert-OH is 1. The Morgan fingerprint density at radius 1 is 0.831 bits per heavy atom. The van der Waals surface area contributed by atoms with Gasteiger partial charge in [0, 0.05) is 97.1 Å². The number of nitrogens with one attached hydrogen (secondary N) is 5. The molecule has 3 saturated heterocycles. The number of carbonyl (C=O) groups is 6. The summed E-state index contributed by atoms with van der Waals surface area (Å²) in [5.41, 5.74) is 2.01. The molecule has 1 aliphatic carbocycles. The van der Waals surface area contributed by atoms with Gasteiger partial charge in [0.05, 0.1) is 57.1 Å². The number of hydrogen-bond acceptors (Lipinski definition) is 13. The van der Waals surface area contributed by atoms with Crippen molar-refractivity contribution in [1.29, 1.82) is 0 Å². The van der Waals surface area contributed by atoms with Crippen LogP contribution < -0.4 is 31.7 Å². The van der Waals surface area contributed by atoms with E-state index in [1.807, 2.05) is 73.5 Å². The summed E-state index contributed by atoms with van der Waals surface area (Å²) in [5, 5.41) is 22.1. The van der Waals surface area contributed by atoms with Crippen LogP contribution in [0.4, 0.5) is 28.9 Å². The highest BCUT2D eigenvalue weighted by Crippen LogP contribution is 2.41. The van der Waals surface area contributed by atoms with Crippen molar-refractivity contribution in [2.45, 2.75) is 135 Å². The summed E-state index contributed by atoms with van der Waals surface area (Å²) in [6.07, 6.45) is -0.800. The maximum Gasteiger partial charge on any atom is 0.417 e. The zero-order valence-corrected chi connectivity index (χ0v) is 52.0. The molecule has 5 aromatic rings. The van der Waals surface area contributed by atoms with Crippen molar-refractivity contribution in [3.05, 3.63) is 123 Å². The van der Waals surface area contributed by atoms with Gasteiger partial charge in [0.25, 0.3) is 11.8 Å². The fourth-order valence-corrected chi connectivity index (χ4v) is 12.6. The summed E-state index contributed by atoms with van der Waals surface area (Å²) in [6.45, 7) is 13.4. The van der Waals surface area contributed by atoms with E-state index >= 15 is 0 Å². The van der Waals surface area contributed by atoms with Crippen LogP contribution in [0.5, 0.6) is 0 Å². The van der Waals surface area contributed by atoms with Crippen molar-refractivity contribution in [2.75, 3.05) is 82.7 Å². The smallest absolute Gasteiger partial charge is 0.391 e. The number of likely N-dealkylation sites (N-methyl/N-ethyl adjacent to an activating group) is 1. The summed E-state index contributed by atoms with van der Waals surface area (Å²) in [7, 11) is 2.01. The van der Waals surface area contributed by atoms with Gasteiger partial charge >= 0.3 is 6.18 Å². The molecule has 3 aromatic carbocycles. The first kappa shape index (κ1) is 65.9. The number of piperazine rings is 2. The van der Waals surface area contributed by atoms with Gasteiger partial charge in [-0.05, 0) is 91.1 Å². The van der Waals surface area contributed by atoms with E-state index in [1.165, 1.54) is 16.2 Å². The molecule has 19 nitrogen and oxygen atoms in total. The van der Waals surface area contributed by atoms with Crippen molar-refractivity contribution in [2.24, 2.45) is 5.41 Å². The number of hydrogen-bond donors (Lipinski definition) is 6. The van der Waals surface area contributed by atoms with E-state index in [0.29, 0.717) is 88.2 Å². The third kappa shape index (κ3) is 17.0. The second-order valence-electron chi connectivity index (χ2n) is 25.1. The molecule has 0 radical (unpaired) electrons. The molecular weight excluding hydrogens is 1170 g/mol. The van der Waals surface area contributed by atoms with E-state index in [4.69, 9.17) is 0 Å². The number of aromatic amines is 1. The minimum atomic E-state index is -4.92. The number of rotatable bonds is 23. The summed E-state index contributed by atoms with van der Waals surface area (Å²) in [4.78, 5) is 111. The van der Waals surface area contributed by atoms with E-state index in [2.05, 4.69) is 52.0 Å². The molecule has 0 spiro atoms. The molecule has 6 N–H and O–H groups in total. The molecule has 4 fully saturated rings. The number of aromatic nitrogens is 2. The van der Waals surface area contributed by atoms with Crippen LogP contribution in [0, 0.1) is 12.3 Å². The van der Waals surface area contributed by atoms with Crippen molar-refractivity contribution >= 4 is 58.2 Å². The number of pyridine rings is 1. The van der Waals surface area contributed by atoms with Gasteiger partial charge in [-0.3, -0.25) is 38.5 Å². The molecule has 2 aromatic heterocycles. The Kier molecular flexibility index (Phi) is 21.1. The highest BCUT2D eigenvalue weighted by Gasteiger charge is 2.53. The Balaban J connectivity index is 0.722. The largest absolute Gasteiger partial charge is 0.417 e. The van der Waals surface area contributed by atoms with Gasteiger partial charge in [-0.25, -0.2) is 9.37 Å². The molecule has 6 amide bonds. The summed E-state index contributed by atoms with van der Waals surface area (Å²) in [6, 6.07) is 18.3. The number of alkyl halides is 4. The van der Waals surface area contributed by atoms with Crippen LogP contribution in [-0.4, -0.2) is 166 Å². The van der Waals surface area contributed by atoms with Crippen LogP contribution in [0.15, 0.2) is 89.3 Å². The van der Waals surface area contributed by atoms with Crippen LogP contribution in [0.1, 0.15) is 124 Å². The first-order valence-electron chi connectivity index (χ1n) is 30.7. The lowest BCUT2D eigenvalue weighted by atomic mass is 9.85. The van der Waals surface area contributed by atoms with Crippen molar-refractivity contribution in [3.8, 4) is 21.6 Å². The van der Waals surface area contributed by atoms with E-state index in [-0.39, 0.29) is 44.0 Å². The van der Waals surface area contributed by atoms with E-state index in [1.54, 1.807) is 32.3 Å². The number of aliphatic hydroxyl groups is 1. The Bertz CT molecular complexity index is 3410. The molecule has 1 saturated carbocycles. The lowest BCUT2D eigenvalue weighted by molar-refractivity contribution is -0.145. The van der Waals surface area contributed by atoms with E-state index in [9.17, 15) is 56.2 Å². The monoisotopic (exact) mass is 1250 g/mol. The predicted molar refractivity (Wildman–Crippen MR) is 333 cm³/mol. The van der Waals surface area contributed by atoms with Gasteiger partial charge in [-0.2, -0.15) is 13.2 Å². The molecule has 9 rings (SSSR count). The number of benzene rings is 3. The number of β-amino-alcohol motifs (C(OH)–C–C–N with tert-alkyl or cyclic N) is 1. The van der Waals surface area contributed by atoms with Gasteiger partial charge in [-0.15, -0.1) is 11.3 Å². The second-order valence-corrected chi connectivity index (χ2v) is 26.0. The average molecular weight is 1250 g/mol. The molecule has 3 aliphatic heterocycles. The Morgan fingerprint density at radius 2 is 1.52 bits per heavy atom. The van der Waals surface area contributed by atoms with Crippen LogP contribution in [0.2, 0.25) is 0 Å². The number of anilines is 2. The quantitative estimate of drug-likeness (QED) is 0.0271. The summed E-state index contributed by atoms with van der Waals surface area (Å²) in [5.74, 6) is -3.24. The van der Waals surface area contributed by atoms with Gasteiger partial charge < -0.3 is 51.0 Å². The first-order valence-corrected chi connectivity index (χ1v) is 31.6. The molecule has 478 valence electrons. The molecule has 89 heavy (non-hydrogen) atoms. The number of H-pyrrole nitrogens is 1. The standard InChI is InChI=1S/C65H81F4N11O8S/c1-41-57(89-40-72-41)44-17-15-43(16-18-44)50(73-60(86)53-34-47(81)39-80(53)61(87)58(63(2,3)4)75-62(88)64(66)21-22-64)36-55(83)70-23-10-8-6-7-9-14-56(84)79-30-26-77(27-31-79)38-42-12-11-13-45(32-42)46-19-20-52(78-28-24-76(5)25-29-78)51(33-46)74-59(85)48-37-71-54(82)35-49(48)65(67,68)69/h11-13,15-20,32-33,35,37,40,47,50,53,58,81H,6-10,14,21-31,34,36,38-39H2,1-5H3,(H,70,83)(H,71,82)(H,73,86)(H,74,85)(H,75,88)/t47-,50?,53+,58?/m1/s1. The number of carbonyl (C=O) groups excluding carboxylic acids is 6. The van der Waals surface area contributed by atoms with Crippen LogP contribution in [0.3, 0.4) is 0 Å². The Labute approximate surface area is 520 Å². The number of halogens is 4. The minimum absolute atomic E-state index is 0.0658. The van der Waals surface area contributed by atoms with Crippen molar-refractivity contribution in [3.63, 3.8) is 0 Å². The molecule has 4 aliphatic rings. The molecule has 0 bridgehead atoms. The van der Waals surface area contributed by atoms with Gasteiger partial charge in [0.15, 0.2) is 5.67 Å². The number of likely N-dealkylation sites (tertiary alicyclic amines) is 1. The SMILES string of the molecule is Cc1ncsc1-c1ccc(C(CC(=O)NCCCCCCCC(=O)N2CCN(Cc3cccc(-c4ccc(N5CCN(C)CC5)c(NC(=O)c5c[nH]c(=O)cc5C(F)(F)F)c4)c3)CC2)NC(=O)[C@@H]2C[C@@H](O)CN2C(=O)C(NC(=O)C2(F)CC2)C(C)(C)C)cc1. The zero-order valence-electron chi connectivity index (χ0n) is 51.1. The topological polar surface area (TPSA) is 233 Å². The lowest BCUT2D eigenvalue weighted by Gasteiger charge is -2.36. The highest BCUT2D eigenvalue weighted by atomic mass is 32.1. The predicted octanol–water partition coefficient (Wildman–Crippen LogP) is 7.84. The third-order valence-electron chi connectivity index (χ3n) is 17.2. The Morgan fingerprint density at radius 3 is 2.19 bits per heavy atom. The molecule has 5 heterocycles. The number of nitrogens with zero attached hydrogens (tertiary/aromatic N) is 6. The third-order valence-corrected chi connectivity index (χ3v) is 18.2. The molecule has 4 atom stereocenters. The zero-order chi connectivity index (χ0) is 63.8. The number of amides is 6. The highest BCUT2D eigenvalue weighted by molar-refractivity contribution is 7.13. The van der Waals surface area contributed by atoms with E-state index < -0.39 is 81.8 Å². The van der Waals surface area contributed by atoms with Crippen LogP contribution in [0.25, 0.3) is 21.6 Å². The fraction of sp³-hybridized carbons (Fsp3) is 0.508. The molecule has 24 heteroatoms. The summed E-state index contributed by atoms with van der Waals surface area (Å²) < 4.78 is 56.8. The number of unbranched alkanes of at least 4 members (excludes halogenated alkanes) is 4. The normalized spacial score (nSPS) is 18.7. The van der Waals surface area contributed by atoms with Crippen molar-refractivity contribution < 1.29 is 51.4 Å². The second kappa shape index (κ2) is 28.5. The van der Waals surface area contributed by atoms with E-state index in [0.717, 1.165) is 77.8 Å². The maximum atomic E-state index is 14.8. The number of thiazole rings is 1. The van der Waals surface area contributed by atoms with Crippen LogP contribution in [-0.2, 0) is 36.7 Å². The fourth-order valence-electron chi connectivity index (χ4n) is 11.7. The summed E-state index contributed by atoms with van der Waals surface area (Å²) >= 11 is 1.50. The average Bonchev–Trinajstić information content (AvgIpc) is 2.01. The molecular formula is C65H81F4N11O8S.